The van der Waals surface area contributed by atoms with Crippen LogP contribution in [0.25, 0.3) is 94.7 Å². The van der Waals surface area contributed by atoms with Crippen molar-refractivity contribution in [2.75, 3.05) is 0 Å². The van der Waals surface area contributed by atoms with Crippen LogP contribution in [0.5, 0.6) is 0 Å². The van der Waals surface area contributed by atoms with Gasteiger partial charge < -0.3 is 8.98 Å². The fourth-order valence-corrected chi connectivity index (χ4v) is 7.20. The van der Waals surface area contributed by atoms with Gasteiger partial charge in [-0.3, -0.25) is 0 Å². The molecule has 5 heteroatoms. The van der Waals surface area contributed by atoms with Gasteiger partial charge in [-0.15, -0.1) is 0 Å². The Morgan fingerprint density at radius 2 is 0.900 bits per heavy atom. The molecule has 0 aliphatic heterocycles. The first-order valence-corrected chi connectivity index (χ1v) is 16.7. The summed E-state index contributed by atoms with van der Waals surface area (Å²) < 4.78 is 8.47. The molecule has 0 aliphatic carbocycles. The molecule has 0 saturated carbocycles. The van der Waals surface area contributed by atoms with E-state index in [0.29, 0.717) is 17.5 Å². The van der Waals surface area contributed by atoms with Crippen LogP contribution in [0.1, 0.15) is 0 Å². The molecule has 3 heterocycles. The predicted octanol–water partition coefficient (Wildman–Crippen LogP) is 11.5. The first-order chi connectivity index (χ1) is 24.8. The van der Waals surface area contributed by atoms with Gasteiger partial charge in [-0.1, -0.05) is 127 Å². The Morgan fingerprint density at radius 3 is 1.66 bits per heavy atom. The summed E-state index contributed by atoms with van der Waals surface area (Å²) in [6, 6.07) is 58.5. The molecule has 0 fully saturated rings. The summed E-state index contributed by atoms with van der Waals surface area (Å²) in [5.41, 5.74) is 9.88. The summed E-state index contributed by atoms with van der Waals surface area (Å²) in [6.07, 6.45) is 0. The van der Waals surface area contributed by atoms with Crippen molar-refractivity contribution in [1.29, 1.82) is 0 Å². The van der Waals surface area contributed by atoms with Crippen molar-refractivity contribution < 1.29 is 4.42 Å². The number of para-hydroxylation sites is 4. The van der Waals surface area contributed by atoms with E-state index in [9.17, 15) is 0 Å². The van der Waals surface area contributed by atoms with Crippen LogP contribution < -0.4 is 0 Å². The Labute approximate surface area is 287 Å². The molecule has 10 rings (SSSR count). The lowest BCUT2D eigenvalue weighted by Crippen LogP contribution is -2.04. The molecule has 7 aromatic carbocycles. The smallest absolute Gasteiger partial charge is 0.166 e. The molecule has 3 aromatic heterocycles. The predicted molar refractivity (Wildman–Crippen MR) is 203 cm³/mol. The molecule has 0 atom stereocenters. The van der Waals surface area contributed by atoms with Crippen LogP contribution in [0.4, 0.5) is 0 Å². The number of rotatable bonds is 5. The quantitative estimate of drug-likeness (QED) is 0.188. The van der Waals surface area contributed by atoms with E-state index in [-0.39, 0.29) is 0 Å². The number of fused-ring (bicyclic) bond motifs is 6. The zero-order valence-corrected chi connectivity index (χ0v) is 26.9. The Kier molecular flexibility index (Phi) is 6.42. The van der Waals surface area contributed by atoms with Crippen molar-refractivity contribution in [2.45, 2.75) is 0 Å². The number of hydrogen-bond acceptors (Lipinski definition) is 4. The van der Waals surface area contributed by atoms with Crippen LogP contribution in [-0.2, 0) is 0 Å². The fourth-order valence-electron chi connectivity index (χ4n) is 7.20. The summed E-state index contributed by atoms with van der Waals surface area (Å²) >= 11 is 0. The molecule has 0 saturated heterocycles. The molecule has 50 heavy (non-hydrogen) atoms. The molecule has 0 spiro atoms. The molecule has 234 valence electrons. The third-order valence-corrected chi connectivity index (χ3v) is 9.49. The second-order valence-electron chi connectivity index (χ2n) is 12.4. The number of nitrogens with zero attached hydrogens (tertiary/aromatic N) is 4. The van der Waals surface area contributed by atoms with Gasteiger partial charge >= 0.3 is 0 Å². The van der Waals surface area contributed by atoms with Crippen LogP contribution in [-0.4, -0.2) is 19.5 Å². The first kappa shape index (κ1) is 28.2. The van der Waals surface area contributed by atoms with Gasteiger partial charge in [-0.05, 0) is 53.6 Å². The highest BCUT2D eigenvalue weighted by Crippen LogP contribution is 2.39. The molecule has 5 nitrogen and oxygen atoms in total. The lowest BCUT2D eigenvalue weighted by atomic mass is 9.97. The van der Waals surface area contributed by atoms with Crippen LogP contribution in [0.3, 0.4) is 0 Å². The van der Waals surface area contributed by atoms with Crippen molar-refractivity contribution in [1.82, 2.24) is 19.5 Å². The Morgan fingerprint density at radius 1 is 0.360 bits per heavy atom. The van der Waals surface area contributed by atoms with Gasteiger partial charge in [-0.2, -0.15) is 0 Å². The number of furan rings is 1. The summed E-state index contributed by atoms with van der Waals surface area (Å²) in [6.45, 7) is 0. The molecule has 0 bridgehead atoms. The van der Waals surface area contributed by atoms with Gasteiger partial charge in [0.15, 0.2) is 17.5 Å². The van der Waals surface area contributed by atoms with Crippen molar-refractivity contribution in [3.8, 4) is 51.0 Å². The van der Waals surface area contributed by atoms with E-state index in [2.05, 4.69) is 120 Å². The van der Waals surface area contributed by atoms with Crippen molar-refractivity contribution in [2.24, 2.45) is 0 Å². The Hall–Kier alpha value is -6.85. The van der Waals surface area contributed by atoms with Gasteiger partial charge in [0.25, 0.3) is 0 Å². The average Bonchev–Trinajstić information content (AvgIpc) is 3.73. The number of aromatic nitrogens is 4. The summed E-state index contributed by atoms with van der Waals surface area (Å²) in [4.78, 5) is 15.5. The fraction of sp³-hybridized carbons (Fsp3) is 0. The van der Waals surface area contributed by atoms with Crippen LogP contribution in [0, 0.1) is 0 Å². The Balaban J connectivity index is 1.21. The largest absolute Gasteiger partial charge is 0.456 e. The SMILES string of the molecule is c1ccc(-c2nc(-c3ccccc3-c3ccc4oc5ccccc5c4c3)nc(-c3ccccc3-n3c4ccccc4c4ccccc43)n2)cc1. The van der Waals surface area contributed by atoms with Crippen LogP contribution >= 0.6 is 0 Å². The summed E-state index contributed by atoms with van der Waals surface area (Å²) in [5.74, 6) is 1.84. The van der Waals surface area contributed by atoms with E-state index in [1.807, 2.05) is 54.6 Å². The monoisotopic (exact) mass is 640 g/mol. The van der Waals surface area contributed by atoms with Crippen LogP contribution in [0.15, 0.2) is 174 Å². The van der Waals surface area contributed by atoms with Crippen molar-refractivity contribution in [3.05, 3.63) is 170 Å². The summed E-state index contributed by atoms with van der Waals surface area (Å²) in [5, 5.41) is 4.58. The van der Waals surface area contributed by atoms with Crippen molar-refractivity contribution >= 4 is 43.7 Å². The summed E-state index contributed by atoms with van der Waals surface area (Å²) in [7, 11) is 0. The highest BCUT2D eigenvalue weighted by Gasteiger charge is 2.20. The minimum atomic E-state index is 0.609. The minimum Gasteiger partial charge on any atom is -0.456 e. The van der Waals surface area contributed by atoms with Gasteiger partial charge in [0.05, 0.1) is 16.7 Å². The average molecular weight is 641 g/mol. The van der Waals surface area contributed by atoms with E-state index >= 15 is 0 Å². The molecule has 0 amide bonds. The number of hydrogen-bond donors (Lipinski definition) is 0. The topological polar surface area (TPSA) is 56.7 Å². The van der Waals surface area contributed by atoms with Gasteiger partial charge in [-0.25, -0.2) is 15.0 Å². The molecule has 0 unspecified atom stereocenters. The van der Waals surface area contributed by atoms with Crippen LogP contribution in [0.2, 0.25) is 0 Å². The minimum absolute atomic E-state index is 0.609. The molecule has 10 aromatic rings. The zero-order chi connectivity index (χ0) is 33.0. The standard InChI is InChI=1S/C45H28N4O/c1-2-14-29(15-3-1)43-46-44(35-20-5-4-16-31(35)30-26-27-42-37(28-30)34-19-9-13-25-41(34)50-42)48-45(47-43)36-21-8-12-24-40(36)49-38-22-10-6-17-32(38)33-18-7-11-23-39(33)49/h1-28H. The van der Waals surface area contributed by atoms with E-state index in [1.165, 1.54) is 10.8 Å². The third-order valence-electron chi connectivity index (χ3n) is 9.49. The van der Waals surface area contributed by atoms with Gasteiger partial charge in [0, 0.05) is 38.2 Å². The highest BCUT2D eigenvalue weighted by molar-refractivity contribution is 6.10. The molecule has 0 N–H and O–H groups in total. The van der Waals surface area contributed by atoms with E-state index in [4.69, 9.17) is 19.4 Å². The van der Waals surface area contributed by atoms with Gasteiger partial charge in [0.2, 0.25) is 0 Å². The third kappa shape index (κ3) is 4.52. The van der Waals surface area contributed by atoms with Crippen molar-refractivity contribution in [3.63, 3.8) is 0 Å². The first-order valence-electron chi connectivity index (χ1n) is 16.7. The zero-order valence-electron chi connectivity index (χ0n) is 26.9. The molecule has 0 aliphatic rings. The molecule has 0 radical (unpaired) electrons. The normalized spacial score (nSPS) is 11.6. The maximum Gasteiger partial charge on any atom is 0.166 e. The maximum atomic E-state index is 6.15. The van der Waals surface area contributed by atoms with E-state index in [1.54, 1.807) is 0 Å². The maximum absolute atomic E-state index is 6.15. The highest BCUT2D eigenvalue weighted by atomic mass is 16.3. The van der Waals surface area contributed by atoms with E-state index < -0.39 is 0 Å². The number of benzene rings is 7. The Bertz CT molecular complexity index is 2830. The van der Waals surface area contributed by atoms with E-state index in [0.717, 1.165) is 66.5 Å². The molecular weight excluding hydrogens is 613 g/mol. The lowest BCUT2D eigenvalue weighted by molar-refractivity contribution is 0.669. The lowest BCUT2D eigenvalue weighted by Gasteiger charge is -2.15. The second-order valence-corrected chi connectivity index (χ2v) is 12.4. The molecular formula is C45H28N4O. The van der Waals surface area contributed by atoms with Gasteiger partial charge in [0.1, 0.15) is 11.2 Å². The second kappa shape index (κ2) is 11.4.